The highest BCUT2D eigenvalue weighted by Gasteiger charge is 2.07. The molecule has 4 nitrogen and oxygen atoms in total. The molecule has 0 aromatic heterocycles. The van der Waals surface area contributed by atoms with Crippen molar-refractivity contribution in [1.82, 2.24) is 0 Å². The van der Waals surface area contributed by atoms with Crippen LogP contribution in [0, 0.1) is 0 Å². The zero-order valence-corrected chi connectivity index (χ0v) is 16.0. The normalized spacial score (nSPS) is 10.6. The van der Waals surface area contributed by atoms with Crippen LogP contribution in [0.1, 0.15) is 19.8 Å². The number of amides is 2. The van der Waals surface area contributed by atoms with Crippen LogP contribution in [-0.2, 0) is 9.59 Å². The molecule has 3 aromatic carbocycles. The number of thioether (sulfide) groups is 1. The Labute approximate surface area is 163 Å². The molecule has 0 spiro atoms. The van der Waals surface area contributed by atoms with Gasteiger partial charge in [-0.3, -0.25) is 9.59 Å². The predicted octanol–water partition coefficient (Wildman–Crippen LogP) is 5.31. The number of carbonyl (C=O) groups is 2. The predicted molar refractivity (Wildman–Crippen MR) is 113 cm³/mol. The van der Waals surface area contributed by atoms with Crippen molar-refractivity contribution in [3.05, 3.63) is 66.7 Å². The summed E-state index contributed by atoms with van der Waals surface area (Å²) in [7, 11) is 0. The summed E-state index contributed by atoms with van der Waals surface area (Å²) < 4.78 is 0. The first kappa shape index (κ1) is 19.0. The first-order valence-corrected chi connectivity index (χ1v) is 9.94. The van der Waals surface area contributed by atoms with E-state index in [1.165, 1.54) is 11.8 Å². The van der Waals surface area contributed by atoms with Crippen LogP contribution in [0.2, 0.25) is 0 Å². The lowest BCUT2D eigenvalue weighted by atomic mass is 10.1. The monoisotopic (exact) mass is 378 g/mol. The molecule has 0 radical (unpaired) electrons. The molecule has 0 bridgehead atoms. The van der Waals surface area contributed by atoms with Gasteiger partial charge >= 0.3 is 0 Å². The van der Waals surface area contributed by atoms with Gasteiger partial charge in [-0.1, -0.05) is 49.4 Å². The van der Waals surface area contributed by atoms with Crippen molar-refractivity contribution in [3.8, 4) is 0 Å². The van der Waals surface area contributed by atoms with Gasteiger partial charge in [0.1, 0.15) is 0 Å². The Morgan fingerprint density at radius 2 is 1.67 bits per heavy atom. The van der Waals surface area contributed by atoms with Gasteiger partial charge in [0.05, 0.1) is 5.75 Å². The fourth-order valence-corrected chi connectivity index (χ4v) is 3.54. The molecule has 0 fully saturated rings. The van der Waals surface area contributed by atoms with E-state index in [0.29, 0.717) is 12.2 Å². The number of carbonyl (C=O) groups excluding carboxylic acids is 2. The molecule has 0 saturated heterocycles. The van der Waals surface area contributed by atoms with Crippen LogP contribution < -0.4 is 10.6 Å². The van der Waals surface area contributed by atoms with Gasteiger partial charge in [0, 0.05) is 28.1 Å². The van der Waals surface area contributed by atoms with Crippen LogP contribution in [0.3, 0.4) is 0 Å². The Kier molecular flexibility index (Phi) is 6.49. The molecular weight excluding hydrogens is 356 g/mol. The number of anilines is 2. The lowest BCUT2D eigenvalue weighted by molar-refractivity contribution is -0.116. The summed E-state index contributed by atoms with van der Waals surface area (Å²) in [6, 6.07) is 21.4. The van der Waals surface area contributed by atoms with Crippen molar-refractivity contribution in [2.75, 3.05) is 16.4 Å². The minimum atomic E-state index is -0.0585. The van der Waals surface area contributed by atoms with E-state index in [2.05, 4.69) is 10.6 Å². The van der Waals surface area contributed by atoms with Crippen molar-refractivity contribution >= 4 is 45.7 Å². The standard InChI is InChI=1S/C22H22N2O2S/c1-2-7-21(25)23-17-10-6-11-18(14-17)27-15-22(26)24-20-13-5-9-16-8-3-4-12-19(16)20/h3-6,8-14H,2,7,15H2,1H3,(H,23,25)(H,24,26). The number of benzene rings is 3. The topological polar surface area (TPSA) is 58.2 Å². The van der Waals surface area contributed by atoms with Crippen molar-refractivity contribution in [2.45, 2.75) is 24.7 Å². The van der Waals surface area contributed by atoms with E-state index < -0.39 is 0 Å². The number of nitrogens with one attached hydrogen (secondary N) is 2. The SMILES string of the molecule is CCCC(=O)Nc1cccc(SCC(=O)Nc2cccc3ccccc23)c1. The van der Waals surface area contributed by atoms with E-state index in [0.717, 1.165) is 33.5 Å². The summed E-state index contributed by atoms with van der Waals surface area (Å²) in [6.07, 6.45) is 1.32. The highest BCUT2D eigenvalue weighted by atomic mass is 32.2. The van der Waals surface area contributed by atoms with Gasteiger partial charge in [0.25, 0.3) is 0 Å². The van der Waals surface area contributed by atoms with Crippen LogP contribution >= 0.6 is 11.8 Å². The van der Waals surface area contributed by atoms with Crippen LogP contribution in [0.4, 0.5) is 11.4 Å². The Morgan fingerprint density at radius 1 is 0.889 bits per heavy atom. The Balaban J connectivity index is 1.60. The lowest BCUT2D eigenvalue weighted by Gasteiger charge is -2.09. The maximum atomic E-state index is 12.4. The molecule has 5 heteroatoms. The van der Waals surface area contributed by atoms with Crippen molar-refractivity contribution < 1.29 is 9.59 Å². The second kappa shape index (κ2) is 9.24. The summed E-state index contributed by atoms with van der Waals surface area (Å²) in [4.78, 5) is 25.0. The van der Waals surface area contributed by atoms with Crippen molar-refractivity contribution in [3.63, 3.8) is 0 Å². The quantitative estimate of drug-likeness (QED) is 0.548. The molecule has 2 amide bonds. The first-order chi connectivity index (χ1) is 13.2. The number of rotatable bonds is 7. The highest BCUT2D eigenvalue weighted by molar-refractivity contribution is 8.00. The van der Waals surface area contributed by atoms with Crippen LogP contribution in [-0.4, -0.2) is 17.6 Å². The third-order valence-electron chi connectivity index (χ3n) is 4.03. The van der Waals surface area contributed by atoms with E-state index in [1.54, 1.807) is 0 Å². The third-order valence-corrected chi connectivity index (χ3v) is 5.02. The summed E-state index contributed by atoms with van der Waals surface area (Å²) in [5, 5.41) is 7.99. The van der Waals surface area contributed by atoms with Gasteiger partial charge in [-0.25, -0.2) is 0 Å². The molecule has 0 atom stereocenters. The van der Waals surface area contributed by atoms with E-state index >= 15 is 0 Å². The van der Waals surface area contributed by atoms with Gasteiger partial charge < -0.3 is 10.6 Å². The highest BCUT2D eigenvalue weighted by Crippen LogP contribution is 2.25. The molecule has 3 rings (SSSR count). The maximum Gasteiger partial charge on any atom is 0.234 e. The van der Waals surface area contributed by atoms with Gasteiger partial charge in [-0.2, -0.15) is 0 Å². The summed E-state index contributed by atoms with van der Waals surface area (Å²) in [6.45, 7) is 1.97. The molecule has 3 aromatic rings. The van der Waals surface area contributed by atoms with Crippen LogP contribution in [0.15, 0.2) is 71.6 Å². The van der Waals surface area contributed by atoms with E-state index in [9.17, 15) is 9.59 Å². The number of hydrogen-bond donors (Lipinski definition) is 2. The zero-order chi connectivity index (χ0) is 19.1. The van der Waals surface area contributed by atoms with Crippen molar-refractivity contribution in [1.29, 1.82) is 0 Å². The van der Waals surface area contributed by atoms with Crippen molar-refractivity contribution in [2.24, 2.45) is 0 Å². The smallest absolute Gasteiger partial charge is 0.234 e. The van der Waals surface area contributed by atoms with Crippen LogP contribution in [0.25, 0.3) is 10.8 Å². The molecular formula is C22H22N2O2S. The molecule has 27 heavy (non-hydrogen) atoms. The van der Waals surface area contributed by atoms with Gasteiger partial charge in [0.2, 0.25) is 11.8 Å². The Bertz CT molecular complexity index is 950. The molecule has 0 saturated carbocycles. The fourth-order valence-electron chi connectivity index (χ4n) is 2.78. The summed E-state index contributed by atoms with van der Waals surface area (Å²) in [5.74, 6) is 0.250. The molecule has 0 aliphatic carbocycles. The molecule has 2 N–H and O–H groups in total. The summed E-state index contributed by atoms with van der Waals surface area (Å²) >= 11 is 1.44. The van der Waals surface area contributed by atoms with Gasteiger partial charge in [-0.15, -0.1) is 11.8 Å². The fraction of sp³-hybridized carbons (Fsp3) is 0.182. The number of fused-ring (bicyclic) bond motifs is 1. The second-order valence-electron chi connectivity index (χ2n) is 6.19. The molecule has 0 heterocycles. The second-order valence-corrected chi connectivity index (χ2v) is 7.24. The third kappa shape index (κ3) is 5.34. The minimum Gasteiger partial charge on any atom is -0.326 e. The zero-order valence-electron chi connectivity index (χ0n) is 15.2. The molecule has 0 aliphatic rings. The Morgan fingerprint density at radius 3 is 2.52 bits per heavy atom. The first-order valence-electron chi connectivity index (χ1n) is 8.96. The average Bonchev–Trinajstić information content (AvgIpc) is 2.67. The van der Waals surface area contributed by atoms with Crippen LogP contribution in [0.5, 0.6) is 0 Å². The van der Waals surface area contributed by atoms with Gasteiger partial charge in [-0.05, 0) is 36.1 Å². The lowest BCUT2D eigenvalue weighted by Crippen LogP contribution is -2.14. The van der Waals surface area contributed by atoms with E-state index in [4.69, 9.17) is 0 Å². The molecule has 138 valence electrons. The molecule has 0 aliphatic heterocycles. The maximum absolute atomic E-state index is 12.4. The Hall–Kier alpha value is -2.79. The van der Waals surface area contributed by atoms with Gasteiger partial charge in [0.15, 0.2) is 0 Å². The largest absolute Gasteiger partial charge is 0.326 e. The molecule has 0 unspecified atom stereocenters. The number of hydrogen-bond acceptors (Lipinski definition) is 3. The summed E-state index contributed by atoms with van der Waals surface area (Å²) in [5.41, 5.74) is 1.58. The average molecular weight is 378 g/mol. The van der Waals surface area contributed by atoms with E-state index in [-0.39, 0.29) is 11.8 Å². The van der Waals surface area contributed by atoms with E-state index in [1.807, 2.05) is 73.7 Å². The minimum absolute atomic E-state index is 0.00773.